The smallest absolute Gasteiger partial charge is 0.364 e. The topological polar surface area (TPSA) is 203 Å². The molecule has 1 aliphatic rings. The van der Waals surface area contributed by atoms with Gasteiger partial charge in [-0.05, 0) is 0 Å². The SMILES string of the molecule is N.O=C(O)[C@]1(O)C[C@H](O)[C@@H](O)[C@H]([C@H](O)[C@H](O)CO)O1. The Morgan fingerprint density at radius 1 is 1.37 bits per heavy atom. The maximum Gasteiger partial charge on any atom is 0.364 e. The van der Waals surface area contributed by atoms with Crippen molar-refractivity contribution in [2.45, 2.75) is 42.7 Å². The average Bonchev–Trinajstić information content (AvgIpc) is 2.31. The van der Waals surface area contributed by atoms with Gasteiger partial charge in [-0.15, -0.1) is 0 Å². The minimum Gasteiger partial charge on any atom is -0.477 e. The number of hydrogen-bond donors (Lipinski definition) is 8. The molecule has 114 valence electrons. The van der Waals surface area contributed by atoms with E-state index in [-0.39, 0.29) is 6.15 Å². The Bertz CT molecular complexity index is 314. The van der Waals surface area contributed by atoms with Gasteiger partial charge in [0.05, 0.1) is 12.7 Å². The quantitative estimate of drug-likeness (QED) is 0.252. The summed E-state index contributed by atoms with van der Waals surface area (Å²) in [5.74, 6) is -4.58. The minimum atomic E-state index is -2.78. The first kappa shape index (κ1) is 18.1. The molecule has 19 heavy (non-hydrogen) atoms. The van der Waals surface area contributed by atoms with Crippen LogP contribution in [0.2, 0.25) is 0 Å². The molecule has 0 bridgehead atoms. The first-order valence-corrected chi connectivity index (χ1v) is 5.19. The van der Waals surface area contributed by atoms with E-state index in [2.05, 4.69) is 4.74 Å². The largest absolute Gasteiger partial charge is 0.477 e. The number of aliphatic hydroxyl groups is 6. The zero-order valence-corrected chi connectivity index (χ0v) is 9.96. The van der Waals surface area contributed by atoms with Crippen molar-refractivity contribution in [2.75, 3.05) is 6.61 Å². The number of aliphatic hydroxyl groups excluding tert-OH is 5. The van der Waals surface area contributed by atoms with Crippen molar-refractivity contribution in [3.8, 4) is 0 Å². The molecule has 0 unspecified atom stereocenters. The lowest BCUT2D eigenvalue weighted by molar-refractivity contribution is -0.312. The molecule has 1 rings (SSSR count). The molecule has 1 saturated heterocycles. The van der Waals surface area contributed by atoms with Crippen molar-refractivity contribution >= 4 is 5.97 Å². The molecule has 1 heterocycles. The number of carboxylic acids is 1. The van der Waals surface area contributed by atoms with Crippen LogP contribution in [0.1, 0.15) is 6.42 Å². The molecule has 10 heteroatoms. The van der Waals surface area contributed by atoms with Gasteiger partial charge in [-0.2, -0.15) is 0 Å². The van der Waals surface area contributed by atoms with E-state index < -0.39 is 55.3 Å². The normalized spacial score (nSPS) is 38.1. The molecule has 1 aliphatic heterocycles. The van der Waals surface area contributed by atoms with E-state index in [0.29, 0.717) is 0 Å². The van der Waals surface area contributed by atoms with E-state index in [0.717, 1.165) is 0 Å². The summed E-state index contributed by atoms with van der Waals surface area (Å²) in [5, 5.41) is 64.6. The molecule has 1 fully saturated rings. The van der Waals surface area contributed by atoms with Crippen molar-refractivity contribution < 1.29 is 45.3 Å². The molecule has 10 nitrogen and oxygen atoms in total. The third kappa shape index (κ3) is 3.58. The van der Waals surface area contributed by atoms with Crippen LogP contribution in [0.3, 0.4) is 0 Å². The van der Waals surface area contributed by atoms with Gasteiger partial charge in [0.25, 0.3) is 5.79 Å². The van der Waals surface area contributed by atoms with Crippen LogP contribution in [0.5, 0.6) is 0 Å². The van der Waals surface area contributed by atoms with Crippen molar-refractivity contribution in [3.63, 3.8) is 0 Å². The summed E-state index contributed by atoms with van der Waals surface area (Å²) in [4.78, 5) is 10.8. The first-order valence-electron chi connectivity index (χ1n) is 5.19. The van der Waals surface area contributed by atoms with Gasteiger partial charge < -0.3 is 46.6 Å². The van der Waals surface area contributed by atoms with E-state index in [1.165, 1.54) is 0 Å². The molecule has 0 spiro atoms. The second-order valence-corrected chi connectivity index (χ2v) is 4.17. The number of carboxylic acid groups (broad SMARTS) is 1. The molecule has 0 amide bonds. The van der Waals surface area contributed by atoms with E-state index in [1.807, 2.05) is 0 Å². The van der Waals surface area contributed by atoms with Gasteiger partial charge in [0, 0.05) is 6.42 Å². The second-order valence-electron chi connectivity index (χ2n) is 4.17. The third-order valence-electron chi connectivity index (χ3n) is 2.80. The Labute approximate surface area is 108 Å². The fourth-order valence-corrected chi connectivity index (χ4v) is 1.70. The number of aliphatic carboxylic acids is 1. The van der Waals surface area contributed by atoms with Gasteiger partial charge in [0.2, 0.25) is 0 Å². The zero-order chi connectivity index (χ0) is 14.1. The Balaban J connectivity index is 0.00000324. The predicted octanol–water partition coefficient (Wildman–Crippen LogP) is -3.85. The van der Waals surface area contributed by atoms with Crippen molar-refractivity contribution in [3.05, 3.63) is 0 Å². The monoisotopic (exact) mass is 285 g/mol. The molecule has 0 saturated carbocycles. The molecule has 6 atom stereocenters. The highest BCUT2D eigenvalue weighted by Gasteiger charge is 2.53. The van der Waals surface area contributed by atoms with E-state index >= 15 is 0 Å². The van der Waals surface area contributed by atoms with Crippen LogP contribution >= 0.6 is 0 Å². The predicted molar refractivity (Wildman–Crippen MR) is 58.2 cm³/mol. The molecule has 0 aromatic carbocycles. The van der Waals surface area contributed by atoms with Crippen molar-refractivity contribution in [2.24, 2.45) is 0 Å². The fraction of sp³-hybridized carbons (Fsp3) is 0.889. The molecule has 0 aromatic rings. The molecular weight excluding hydrogens is 266 g/mol. The Morgan fingerprint density at radius 2 is 1.89 bits per heavy atom. The van der Waals surface area contributed by atoms with Gasteiger partial charge in [0.15, 0.2) is 0 Å². The summed E-state index contributed by atoms with van der Waals surface area (Å²) in [5.41, 5.74) is 0. The summed E-state index contributed by atoms with van der Waals surface area (Å²) in [6, 6.07) is 0. The van der Waals surface area contributed by atoms with E-state index in [9.17, 15) is 30.3 Å². The summed E-state index contributed by atoms with van der Waals surface area (Å²) in [6.45, 7) is -0.866. The molecule has 0 aromatic heterocycles. The summed E-state index contributed by atoms with van der Waals surface area (Å²) < 4.78 is 4.63. The molecular formula is C9H19NO9. The highest BCUT2D eigenvalue weighted by atomic mass is 16.7. The van der Waals surface area contributed by atoms with Crippen molar-refractivity contribution in [1.29, 1.82) is 0 Å². The van der Waals surface area contributed by atoms with Crippen LogP contribution in [0, 0.1) is 0 Å². The standard InChI is InChI=1S/C9H16O9.H3N/c10-2-4(12)6(14)7-5(13)3(11)1-9(17,18-7)8(15)16;/h3-7,10-14,17H,1-2H2,(H,15,16);1H3/t3-,4+,5+,6+,7+,9-;/m0./s1. The number of hydrogen-bond acceptors (Lipinski definition) is 9. The van der Waals surface area contributed by atoms with Gasteiger partial charge in [-0.3, -0.25) is 0 Å². The molecule has 0 aliphatic carbocycles. The highest BCUT2D eigenvalue weighted by molar-refractivity contribution is 5.75. The lowest BCUT2D eigenvalue weighted by Crippen LogP contribution is -2.63. The number of carbonyl (C=O) groups is 1. The molecule has 0 radical (unpaired) electrons. The highest BCUT2D eigenvalue weighted by Crippen LogP contribution is 2.30. The van der Waals surface area contributed by atoms with Gasteiger partial charge in [-0.25, -0.2) is 4.79 Å². The Hall–Kier alpha value is -0.850. The Kier molecular flexibility index (Phi) is 6.25. The fourth-order valence-electron chi connectivity index (χ4n) is 1.70. The summed E-state index contributed by atoms with van der Waals surface area (Å²) in [6.07, 6.45) is -9.50. The minimum absolute atomic E-state index is 0. The summed E-state index contributed by atoms with van der Waals surface area (Å²) >= 11 is 0. The van der Waals surface area contributed by atoms with Crippen molar-refractivity contribution in [1.82, 2.24) is 6.15 Å². The second kappa shape index (κ2) is 6.54. The maximum atomic E-state index is 10.8. The van der Waals surface area contributed by atoms with Crippen LogP contribution in [0.15, 0.2) is 0 Å². The van der Waals surface area contributed by atoms with Crippen LogP contribution < -0.4 is 6.15 Å². The van der Waals surface area contributed by atoms with Crippen LogP contribution in [-0.2, 0) is 9.53 Å². The number of rotatable bonds is 4. The van der Waals surface area contributed by atoms with E-state index in [4.69, 9.17) is 10.2 Å². The first-order chi connectivity index (χ1) is 8.23. The van der Waals surface area contributed by atoms with Gasteiger partial charge in [0.1, 0.15) is 24.4 Å². The molecule has 10 N–H and O–H groups in total. The average molecular weight is 285 g/mol. The third-order valence-corrected chi connectivity index (χ3v) is 2.80. The van der Waals surface area contributed by atoms with Crippen LogP contribution in [-0.4, -0.2) is 84.6 Å². The van der Waals surface area contributed by atoms with E-state index in [1.54, 1.807) is 0 Å². The lowest BCUT2D eigenvalue weighted by Gasteiger charge is -2.42. The van der Waals surface area contributed by atoms with Crippen LogP contribution in [0.25, 0.3) is 0 Å². The van der Waals surface area contributed by atoms with Crippen LogP contribution in [0.4, 0.5) is 0 Å². The Morgan fingerprint density at radius 3 is 2.32 bits per heavy atom. The lowest BCUT2D eigenvalue weighted by atomic mass is 9.91. The van der Waals surface area contributed by atoms with Gasteiger partial charge in [-0.1, -0.05) is 0 Å². The zero-order valence-electron chi connectivity index (χ0n) is 9.96. The maximum absolute atomic E-state index is 10.8. The number of ether oxygens (including phenoxy) is 1. The summed E-state index contributed by atoms with van der Waals surface area (Å²) in [7, 11) is 0. The van der Waals surface area contributed by atoms with Gasteiger partial charge >= 0.3 is 5.97 Å².